The quantitative estimate of drug-likeness (QED) is 0.568. The molecule has 0 aliphatic carbocycles. The van der Waals surface area contributed by atoms with Gasteiger partial charge in [0, 0.05) is 29.7 Å². The molecule has 3 aromatic rings. The molecule has 7 nitrogen and oxygen atoms in total. The molecular formula is C21H27N5O2S. The molecule has 0 unspecified atom stereocenters. The van der Waals surface area contributed by atoms with Gasteiger partial charge in [0.15, 0.2) is 0 Å². The highest BCUT2D eigenvalue weighted by molar-refractivity contribution is 7.98. The van der Waals surface area contributed by atoms with E-state index in [2.05, 4.69) is 29.1 Å². The van der Waals surface area contributed by atoms with E-state index in [-0.39, 0.29) is 11.5 Å². The third-order valence-corrected chi connectivity index (χ3v) is 5.28. The summed E-state index contributed by atoms with van der Waals surface area (Å²) in [5, 5.41) is 2.98. The van der Waals surface area contributed by atoms with Crippen molar-refractivity contribution in [3.05, 3.63) is 52.7 Å². The first-order valence-electron chi connectivity index (χ1n) is 9.79. The van der Waals surface area contributed by atoms with E-state index in [1.54, 1.807) is 17.1 Å². The van der Waals surface area contributed by atoms with Crippen LogP contribution in [0.5, 0.6) is 0 Å². The Morgan fingerprint density at radius 2 is 1.93 bits per heavy atom. The summed E-state index contributed by atoms with van der Waals surface area (Å²) in [6.45, 7) is 8.92. The number of carbonyl (C=O) groups excluding carboxylic acids is 1. The van der Waals surface area contributed by atoms with Gasteiger partial charge in [-0.2, -0.15) is 9.50 Å². The van der Waals surface area contributed by atoms with Gasteiger partial charge in [0.2, 0.25) is 5.91 Å². The van der Waals surface area contributed by atoms with Crippen LogP contribution in [0.25, 0.3) is 5.78 Å². The first-order chi connectivity index (χ1) is 13.8. The Morgan fingerprint density at radius 3 is 2.66 bits per heavy atom. The molecule has 0 bridgehead atoms. The Morgan fingerprint density at radius 1 is 1.17 bits per heavy atom. The molecule has 8 heteroatoms. The molecule has 3 rings (SSSR count). The Bertz CT molecular complexity index is 1050. The van der Waals surface area contributed by atoms with Crippen LogP contribution in [0.3, 0.4) is 0 Å². The highest BCUT2D eigenvalue weighted by Crippen LogP contribution is 2.29. The number of rotatable bonds is 8. The average molecular weight is 414 g/mol. The van der Waals surface area contributed by atoms with E-state index in [1.807, 2.05) is 38.1 Å². The van der Waals surface area contributed by atoms with E-state index in [0.29, 0.717) is 42.0 Å². The molecule has 1 aromatic carbocycles. The molecule has 0 aliphatic heterocycles. The van der Waals surface area contributed by atoms with Crippen molar-refractivity contribution in [1.82, 2.24) is 19.2 Å². The summed E-state index contributed by atoms with van der Waals surface area (Å²) in [7, 11) is 0. The molecule has 1 amide bonds. The van der Waals surface area contributed by atoms with Crippen LogP contribution in [-0.2, 0) is 17.1 Å². The summed E-state index contributed by atoms with van der Waals surface area (Å²) in [6.07, 6.45) is 2.13. The van der Waals surface area contributed by atoms with E-state index >= 15 is 0 Å². The molecule has 29 heavy (non-hydrogen) atoms. The highest BCUT2D eigenvalue weighted by Gasteiger charge is 2.12. The van der Waals surface area contributed by atoms with Gasteiger partial charge in [0.25, 0.3) is 11.3 Å². The van der Waals surface area contributed by atoms with Gasteiger partial charge in [-0.15, -0.1) is 11.8 Å². The molecule has 0 radical (unpaired) electrons. The second kappa shape index (κ2) is 9.26. The predicted octanol–water partition coefficient (Wildman–Crippen LogP) is 3.82. The molecular weight excluding hydrogens is 386 g/mol. The van der Waals surface area contributed by atoms with Crippen LogP contribution in [0.1, 0.15) is 39.8 Å². The number of benzene rings is 1. The van der Waals surface area contributed by atoms with Crippen LogP contribution in [0.4, 0.5) is 5.69 Å². The van der Waals surface area contributed by atoms with Crippen molar-refractivity contribution in [3.63, 3.8) is 0 Å². The largest absolute Gasteiger partial charge is 0.325 e. The fraction of sp³-hybridized carbons (Fsp3) is 0.429. The minimum Gasteiger partial charge on any atom is -0.325 e. The minimum atomic E-state index is -0.137. The zero-order chi connectivity index (χ0) is 21.0. The summed E-state index contributed by atoms with van der Waals surface area (Å²) in [6, 6.07) is 9.23. The zero-order valence-corrected chi connectivity index (χ0v) is 18.1. The van der Waals surface area contributed by atoms with E-state index in [0.717, 1.165) is 10.6 Å². The van der Waals surface area contributed by atoms with E-state index in [1.165, 1.54) is 16.3 Å². The standard InChI is InChI=1S/C21H27N5O2S/c1-14(2)9-19(27)24-17-7-5-6-8-18(17)29-12-16-10-20(28)26-21(23-16)22-13-25(26)11-15(3)4/h5-8,10,13-15H,9,11-12H2,1-4H3,(H,24,27). The smallest absolute Gasteiger partial charge is 0.274 e. The van der Waals surface area contributed by atoms with Gasteiger partial charge in [-0.3, -0.25) is 14.3 Å². The monoisotopic (exact) mass is 413 g/mol. The van der Waals surface area contributed by atoms with Crippen molar-refractivity contribution in [1.29, 1.82) is 0 Å². The molecule has 2 aromatic heterocycles. The van der Waals surface area contributed by atoms with Crippen LogP contribution in [0.15, 0.2) is 46.3 Å². The topological polar surface area (TPSA) is 81.3 Å². The SMILES string of the molecule is CC(C)CC(=O)Nc1ccccc1SCc1cc(=O)n2c(ncn2CC(C)C)n1. The lowest BCUT2D eigenvalue weighted by molar-refractivity contribution is -0.116. The van der Waals surface area contributed by atoms with Crippen LogP contribution < -0.4 is 10.9 Å². The van der Waals surface area contributed by atoms with E-state index < -0.39 is 0 Å². The third kappa shape index (κ3) is 5.47. The number of fused-ring (bicyclic) bond motifs is 1. The molecule has 0 fully saturated rings. The van der Waals surface area contributed by atoms with Crippen molar-refractivity contribution < 1.29 is 4.79 Å². The average Bonchev–Trinajstić information content (AvgIpc) is 3.03. The Kier molecular flexibility index (Phi) is 6.74. The lowest BCUT2D eigenvalue weighted by atomic mass is 10.1. The summed E-state index contributed by atoms with van der Waals surface area (Å²) in [4.78, 5) is 34.5. The van der Waals surface area contributed by atoms with Gasteiger partial charge in [0.1, 0.15) is 6.33 Å². The Balaban J connectivity index is 1.76. The Hall–Kier alpha value is -2.61. The number of hydrogen-bond acceptors (Lipinski definition) is 5. The molecule has 1 N–H and O–H groups in total. The van der Waals surface area contributed by atoms with Gasteiger partial charge in [-0.1, -0.05) is 39.8 Å². The molecule has 0 saturated heterocycles. The number of nitrogens with one attached hydrogen (secondary N) is 1. The van der Waals surface area contributed by atoms with Crippen LogP contribution >= 0.6 is 11.8 Å². The minimum absolute atomic E-state index is 0.00142. The van der Waals surface area contributed by atoms with Gasteiger partial charge in [-0.25, -0.2) is 4.98 Å². The summed E-state index contributed by atoms with van der Waals surface area (Å²) >= 11 is 1.54. The number of aromatic nitrogens is 4. The first-order valence-corrected chi connectivity index (χ1v) is 10.8. The number of hydrogen-bond donors (Lipinski definition) is 1. The van der Waals surface area contributed by atoms with E-state index in [4.69, 9.17) is 0 Å². The molecule has 0 saturated carbocycles. The first kappa shape index (κ1) is 21.1. The number of carbonyl (C=O) groups is 1. The van der Waals surface area contributed by atoms with Crippen LogP contribution in [-0.4, -0.2) is 25.1 Å². The van der Waals surface area contributed by atoms with Crippen molar-refractivity contribution in [2.24, 2.45) is 11.8 Å². The van der Waals surface area contributed by atoms with Gasteiger partial charge < -0.3 is 5.32 Å². The normalized spacial score (nSPS) is 11.5. The molecule has 0 aliphatic rings. The predicted molar refractivity (Wildman–Crippen MR) is 116 cm³/mol. The summed E-state index contributed by atoms with van der Waals surface area (Å²) in [5.74, 6) is 1.62. The summed E-state index contributed by atoms with van der Waals surface area (Å²) in [5.41, 5.74) is 1.31. The fourth-order valence-corrected chi connectivity index (χ4v) is 3.90. The van der Waals surface area contributed by atoms with Gasteiger partial charge >= 0.3 is 0 Å². The molecule has 0 atom stereocenters. The van der Waals surface area contributed by atoms with Gasteiger partial charge in [0.05, 0.1) is 11.4 Å². The maximum absolute atomic E-state index is 12.6. The number of anilines is 1. The van der Waals surface area contributed by atoms with Crippen LogP contribution in [0.2, 0.25) is 0 Å². The number of amides is 1. The van der Waals surface area contributed by atoms with Gasteiger partial charge in [-0.05, 0) is 24.0 Å². The zero-order valence-electron chi connectivity index (χ0n) is 17.3. The number of para-hydroxylation sites is 1. The van der Waals surface area contributed by atoms with E-state index in [9.17, 15) is 9.59 Å². The molecule has 0 spiro atoms. The maximum Gasteiger partial charge on any atom is 0.274 e. The third-order valence-electron chi connectivity index (χ3n) is 4.18. The fourth-order valence-electron chi connectivity index (χ4n) is 3.00. The second-order valence-electron chi connectivity index (χ2n) is 7.89. The van der Waals surface area contributed by atoms with Crippen molar-refractivity contribution in [2.45, 2.75) is 51.3 Å². The number of thioether (sulfide) groups is 1. The number of nitrogens with zero attached hydrogens (tertiary/aromatic N) is 4. The summed E-state index contributed by atoms with van der Waals surface area (Å²) < 4.78 is 3.31. The maximum atomic E-state index is 12.6. The lowest BCUT2D eigenvalue weighted by Crippen LogP contribution is -2.22. The highest BCUT2D eigenvalue weighted by atomic mass is 32.2. The second-order valence-corrected chi connectivity index (χ2v) is 8.91. The van der Waals surface area contributed by atoms with Crippen molar-refractivity contribution in [2.75, 3.05) is 5.32 Å². The molecule has 2 heterocycles. The lowest BCUT2D eigenvalue weighted by Gasteiger charge is -2.12. The van der Waals surface area contributed by atoms with Crippen molar-refractivity contribution in [3.8, 4) is 0 Å². The Labute approximate surface area is 174 Å². The van der Waals surface area contributed by atoms with Crippen LogP contribution in [0, 0.1) is 11.8 Å². The molecule has 154 valence electrons. The van der Waals surface area contributed by atoms with Crippen molar-refractivity contribution >= 4 is 29.1 Å².